The zero-order valence-electron chi connectivity index (χ0n) is 7.93. The van der Waals surface area contributed by atoms with E-state index in [1.165, 1.54) is 6.07 Å². The minimum atomic E-state index is -0.613. The molecule has 0 radical (unpaired) electrons. The standard InChI is InChI=1S/C10H13BrFNO/c1-2-8(13)4-6-3-7(11)5-9(12)10(6)14/h3,5,8,14H,2,4,13H2,1H3. The molecule has 1 aromatic rings. The van der Waals surface area contributed by atoms with E-state index in [1.54, 1.807) is 6.07 Å². The van der Waals surface area contributed by atoms with Crippen LogP contribution in [0.2, 0.25) is 0 Å². The van der Waals surface area contributed by atoms with Gasteiger partial charge < -0.3 is 10.8 Å². The van der Waals surface area contributed by atoms with Gasteiger partial charge in [-0.05, 0) is 30.5 Å². The molecule has 0 saturated carbocycles. The van der Waals surface area contributed by atoms with Gasteiger partial charge in [-0.25, -0.2) is 4.39 Å². The van der Waals surface area contributed by atoms with Crippen LogP contribution in [0, 0.1) is 5.82 Å². The summed E-state index contributed by atoms with van der Waals surface area (Å²) in [5.74, 6) is -0.908. The number of hydrogen-bond donors (Lipinski definition) is 2. The van der Waals surface area contributed by atoms with Crippen LogP contribution in [0.5, 0.6) is 5.75 Å². The van der Waals surface area contributed by atoms with E-state index in [0.29, 0.717) is 16.5 Å². The van der Waals surface area contributed by atoms with E-state index in [4.69, 9.17) is 5.73 Å². The molecule has 1 atom stereocenters. The van der Waals surface area contributed by atoms with Gasteiger partial charge in [0, 0.05) is 10.5 Å². The van der Waals surface area contributed by atoms with E-state index in [0.717, 1.165) is 6.42 Å². The number of phenols is 1. The van der Waals surface area contributed by atoms with Gasteiger partial charge in [0.15, 0.2) is 11.6 Å². The molecule has 0 amide bonds. The van der Waals surface area contributed by atoms with E-state index in [-0.39, 0.29) is 11.8 Å². The molecule has 0 spiro atoms. The maximum Gasteiger partial charge on any atom is 0.166 e. The lowest BCUT2D eigenvalue weighted by molar-refractivity contribution is 0.422. The highest BCUT2D eigenvalue weighted by atomic mass is 79.9. The average Bonchev–Trinajstić information content (AvgIpc) is 2.13. The van der Waals surface area contributed by atoms with Gasteiger partial charge in [0.25, 0.3) is 0 Å². The summed E-state index contributed by atoms with van der Waals surface area (Å²) in [7, 11) is 0. The largest absolute Gasteiger partial charge is 0.505 e. The van der Waals surface area contributed by atoms with Crippen molar-refractivity contribution in [3.8, 4) is 5.75 Å². The highest BCUT2D eigenvalue weighted by Crippen LogP contribution is 2.26. The number of aromatic hydroxyl groups is 1. The minimum absolute atomic E-state index is 0.0467. The van der Waals surface area contributed by atoms with E-state index >= 15 is 0 Å². The molecular weight excluding hydrogens is 249 g/mol. The lowest BCUT2D eigenvalue weighted by Gasteiger charge is -2.11. The second-order valence-electron chi connectivity index (χ2n) is 3.27. The van der Waals surface area contributed by atoms with Gasteiger partial charge in [0.1, 0.15) is 0 Å². The topological polar surface area (TPSA) is 46.2 Å². The molecule has 0 saturated heterocycles. The molecule has 0 aromatic heterocycles. The monoisotopic (exact) mass is 261 g/mol. The maximum absolute atomic E-state index is 13.1. The van der Waals surface area contributed by atoms with Crippen LogP contribution in [-0.4, -0.2) is 11.1 Å². The second kappa shape index (κ2) is 4.75. The third-order valence-electron chi connectivity index (χ3n) is 2.11. The zero-order chi connectivity index (χ0) is 10.7. The van der Waals surface area contributed by atoms with Gasteiger partial charge >= 0.3 is 0 Å². The van der Waals surface area contributed by atoms with Crippen molar-refractivity contribution in [2.75, 3.05) is 0 Å². The number of nitrogens with two attached hydrogens (primary N) is 1. The fourth-order valence-electron chi connectivity index (χ4n) is 1.20. The Morgan fingerprint density at radius 3 is 2.79 bits per heavy atom. The van der Waals surface area contributed by atoms with Crippen molar-refractivity contribution in [2.24, 2.45) is 5.73 Å². The van der Waals surface area contributed by atoms with Crippen molar-refractivity contribution in [1.29, 1.82) is 0 Å². The summed E-state index contributed by atoms with van der Waals surface area (Å²) in [6.45, 7) is 1.95. The molecule has 2 nitrogen and oxygen atoms in total. The minimum Gasteiger partial charge on any atom is -0.505 e. The maximum atomic E-state index is 13.1. The molecule has 0 aliphatic rings. The first-order chi connectivity index (χ1) is 6.54. The van der Waals surface area contributed by atoms with Crippen molar-refractivity contribution in [3.05, 3.63) is 28.0 Å². The van der Waals surface area contributed by atoms with Crippen molar-refractivity contribution in [1.82, 2.24) is 0 Å². The molecule has 0 aliphatic carbocycles. The molecule has 0 aliphatic heterocycles. The van der Waals surface area contributed by atoms with Crippen LogP contribution in [0.15, 0.2) is 16.6 Å². The van der Waals surface area contributed by atoms with Crippen LogP contribution in [-0.2, 0) is 6.42 Å². The third kappa shape index (κ3) is 2.69. The van der Waals surface area contributed by atoms with Gasteiger partial charge in [-0.15, -0.1) is 0 Å². The molecule has 4 heteroatoms. The Hall–Kier alpha value is -0.610. The Labute approximate surface area is 91.1 Å². The Morgan fingerprint density at radius 1 is 1.57 bits per heavy atom. The first-order valence-electron chi connectivity index (χ1n) is 4.47. The predicted octanol–water partition coefficient (Wildman–Crippen LogP) is 2.57. The third-order valence-corrected chi connectivity index (χ3v) is 2.57. The number of rotatable bonds is 3. The molecule has 78 valence electrons. The van der Waals surface area contributed by atoms with Gasteiger partial charge in [-0.1, -0.05) is 22.9 Å². The summed E-state index contributed by atoms with van der Waals surface area (Å²) in [5, 5.41) is 9.42. The van der Waals surface area contributed by atoms with E-state index in [2.05, 4.69) is 15.9 Å². The van der Waals surface area contributed by atoms with Crippen LogP contribution in [0.25, 0.3) is 0 Å². The average molecular weight is 262 g/mol. The van der Waals surface area contributed by atoms with Crippen LogP contribution >= 0.6 is 15.9 Å². The van der Waals surface area contributed by atoms with Crippen LogP contribution in [0.4, 0.5) is 4.39 Å². The summed E-state index contributed by atoms with van der Waals surface area (Å²) in [6, 6.07) is 2.87. The highest BCUT2D eigenvalue weighted by molar-refractivity contribution is 9.10. The van der Waals surface area contributed by atoms with Gasteiger partial charge in [0.2, 0.25) is 0 Å². The number of halogens is 2. The second-order valence-corrected chi connectivity index (χ2v) is 4.18. The normalized spacial score (nSPS) is 12.9. The van der Waals surface area contributed by atoms with Crippen molar-refractivity contribution in [2.45, 2.75) is 25.8 Å². The van der Waals surface area contributed by atoms with Crippen molar-refractivity contribution >= 4 is 15.9 Å². The smallest absolute Gasteiger partial charge is 0.166 e. The predicted molar refractivity (Wildman–Crippen MR) is 57.7 cm³/mol. The summed E-state index contributed by atoms with van der Waals surface area (Å²) in [4.78, 5) is 0. The Balaban J connectivity index is 2.96. The quantitative estimate of drug-likeness (QED) is 0.879. The molecule has 14 heavy (non-hydrogen) atoms. The molecular formula is C10H13BrFNO. The summed E-state index contributed by atoms with van der Waals surface area (Å²) in [6.07, 6.45) is 1.28. The summed E-state index contributed by atoms with van der Waals surface area (Å²) >= 11 is 3.17. The molecule has 0 heterocycles. The van der Waals surface area contributed by atoms with E-state index in [9.17, 15) is 9.50 Å². The lowest BCUT2D eigenvalue weighted by atomic mass is 10.0. The molecule has 1 aromatic carbocycles. The number of phenolic OH excluding ortho intramolecular Hbond substituents is 1. The van der Waals surface area contributed by atoms with Crippen LogP contribution in [0.1, 0.15) is 18.9 Å². The van der Waals surface area contributed by atoms with Crippen molar-refractivity contribution in [3.63, 3.8) is 0 Å². The molecule has 0 fully saturated rings. The fraction of sp³-hybridized carbons (Fsp3) is 0.400. The van der Waals surface area contributed by atoms with E-state index < -0.39 is 5.82 Å². The van der Waals surface area contributed by atoms with Gasteiger partial charge in [-0.2, -0.15) is 0 Å². The van der Waals surface area contributed by atoms with Crippen molar-refractivity contribution < 1.29 is 9.50 Å². The van der Waals surface area contributed by atoms with Gasteiger partial charge in [-0.3, -0.25) is 0 Å². The summed E-state index contributed by atoms with van der Waals surface area (Å²) in [5.41, 5.74) is 6.27. The Morgan fingerprint density at radius 2 is 2.21 bits per heavy atom. The van der Waals surface area contributed by atoms with Crippen LogP contribution < -0.4 is 5.73 Å². The Bertz CT molecular complexity index is 330. The first kappa shape index (κ1) is 11.5. The lowest BCUT2D eigenvalue weighted by Crippen LogP contribution is -2.21. The first-order valence-corrected chi connectivity index (χ1v) is 5.26. The SMILES string of the molecule is CCC(N)Cc1cc(Br)cc(F)c1O. The Kier molecular flexibility index (Phi) is 3.89. The number of hydrogen-bond acceptors (Lipinski definition) is 2. The highest BCUT2D eigenvalue weighted by Gasteiger charge is 2.11. The van der Waals surface area contributed by atoms with Crippen LogP contribution in [0.3, 0.4) is 0 Å². The van der Waals surface area contributed by atoms with Gasteiger partial charge in [0.05, 0.1) is 0 Å². The summed E-state index contributed by atoms with van der Waals surface area (Å²) < 4.78 is 13.7. The molecule has 1 unspecified atom stereocenters. The fourth-order valence-corrected chi connectivity index (χ4v) is 1.68. The molecule has 0 bridgehead atoms. The van der Waals surface area contributed by atoms with E-state index in [1.807, 2.05) is 6.92 Å². The molecule has 3 N–H and O–H groups in total. The number of benzene rings is 1. The molecule has 1 rings (SSSR count). The zero-order valence-corrected chi connectivity index (χ0v) is 9.51.